The second kappa shape index (κ2) is 4.65. The minimum atomic E-state index is -1.07. The lowest BCUT2D eigenvalue weighted by Gasteiger charge is -2.35. The summed E-state index contributed by atoms with van der Waals surface area (Å²) in [6.45, 7) is 6.36. The van der Waals surface area contributed by atoms with Gasteiger partial charge in [-0.2, -0.15) is 0 Å². The first-order valence-corrected chi connectivity index (χ1v) is 8.20. The largest absolute Gasteiger partial charge is 0.454 e. The van der Waals surface area contributed by atoms with E-state index in [9.17, 15) is 9.59 Å². The summed E-state index contributed by atoms with van der Waals surface area (Å²) >= 11 is 0. The van der Waals surface area contributed by atoms with Crippen molar-refractivity contribution >= 4 is 11.9 Å². The molecule has 2 atom stereocenters. The average molecular weight is 331 g/mol. The molecule has 1 N–H and O–H groups in total. The molecule has 1 saturated heterocycles. The normalized spacial score (nSPS) is 31.9. The van der Waals surface area contributed by atoms with Crippen molar-refractivity contribution in [3.8, 4) is 11.5 Å². The van der Waals surface area contributed by atoms with Gasteiger partial charge in [0.15, 0.2) is 17.1 Å². The van der Waals surface area contributed by atoms with Gasteiger partial charge in [0, 0.05) is 12.0 Å². The molecular formula is C18H21NO5. The van der Waals surface area contributed by atoms with Gasteiger partial charge in [-0.15, -0.1) is 0 Å². The summed E-state index contributed by atoms with van der Waals surface area (Å²) in [6.07, 6.45) is 1.24. The Bertz CT molecular complexity index is 743. The zero-order valence-electron chi connectivity index (χ0n) is 14.1. The van der Waals surface area contributed by atoms with Gasteiger partial charge in [0.25, 0.3) is 5.91 Å². The van der Waals surface area contributed by atoms with Crippen LogP contribution in [-0.2, 0) is 20.9 Å². The van der Waals surface area contributed by atoms with Crippen LogP contribution in [0.2, 0.25) is 0 Å². The second-order valence-electron chi connectivity index (χ2n) is 7.54. The van der Waals surface area contributed by atoms with Crippen LogP contribution in [0.25, 0.3) is 0 Å². The van der Waals surface area contributed by atoms with Crippen LogP contribution >= 0.6 is 0 Å². The maximum absolute atomic E-state index is 12.9. The highest BCUT2D eigenvalue weighted by atomic mass is 16.7. The lowest BCUT2D eigenvalue weighted by Crippen LogP contribution is -2.53. The summed E-state index contributed by atoms with van der Waals surface area (Å²) in [6, 6.07) is 5.56. The second-order valence-corrected chi connectivity index (χ2v) is 7.54. The van der Waals surface area contributed by atoms with Crippen LogP contribution in [0.3, 0.4) is 0 Å². The topological polar surface area (TPSA) is 73.9 Å². The molecular weight excluding hydrogens is 310 g/mol. The van der Waals surface area contributed by atoms with Crippen molar-refractivity contribution in [2.24, 2.45) is 10.8 Å². The molecule has 2 heterocycles. The maximum Gasteiger partial charge on any atom is 0.313 e. The van der Waals surface area contributed by atoms with E-state index in [2.05, 4.69) is 5.32 Å². The Morgan fingerprint density at radius 2 is 1.92 bits per heavy atom. The summed E-state index contributed by atoms with van der Waals surface area (Å²) in [5.41, 5.74) is -1.29. The van der Waals surface area contributed by atoms with Crippen molar-refractivity contribution < 1.29 is 23.8 Å². The van der Waals surface area contributed by atoms with Crippen LogP contribution in [0, 0.1) is 10.8 Å². The summed E-state index contributed by atoms with van der Waals surface area (Å²) < 4.78 is 16.2. The van der Waals surface area contributed by atoms with Crippen LogP contribution in [0.1, 0.15) is 39.2 Å². The fourth-order valence-electron chi connectivity index (χ4n) is 4.12. The predicted octanol–water partition coefficient (Wildman–Crippen LogP) is 2.15. The molecule has 1 aliphatic carbocycles. The molecule has 2 fully saturated rings. The van der Waals surface area contributed by atoms with Gasteiger partial charge in [-0.1, -0.05) is 19.9 Å². The van der Waals surface area contributed by atoms with E-state index in [1.165, 1.54) is 0 Å². The number of ether oxygens (including phenoxy) is 3. The Morgan fingerprint density at radius 1 is 1.17 bits per heavy atom. The van der Waals surface area contributed by atoms with Crippen molar-refractivity contribution in [3.05, 3.63) is 23.8 Å². The number of esters is 1. The molecule has 0 spiro atoms. The molecule has 6 nitrogen and oxygen atoms in total. The van der Waals surface area contributed by atoms with E-state index in [0.29, 0.717) is 30.9 Å². The number of nitrogens with one attached hydrogen (secondary N) is 1. The number of amides is 1. The van der Waals surface area contributed by atoms with Crippen molar-refractivity contribution in [3.63, 3.8) is 0 Å². The predicted molar refractivity (Wildman–Crippen MR) is 84.4 cm³/mol. The molecule has 0 radical (unpaired) electrons. The highest BCUT2D eigenvalue weighted by molar-refractivity contribution is 5.96. The quantitative estimate of drug-likeness (QED) is 0.859. The highest BCUT2D eigenvalue weighted by Crippen LogP contribution is 2.65. The summed E-state index contributed by atoms with van der Waals surface area (Å²) in [5, 5.41) is 2.93. The molecule has 128 valence electrons. The van der Waals surface area contributed by atoms with E-state index in [1.54, 1.807) is 0 Å². The number of carbonyl (C=O) groups is 2. The third-order valence-corrected chi connectivity index (χ3v) is 6.34. The van der Waals surface area contributed by atoms with E-state index in [0.717, 1.165) is 5.56 Å². The summed E-state index contributed by atoms with van der Waals surface area (Å²) in [4.78, 5) is 25.1. The molecule has 1 amide bonds. The first-order valence-electron chi connectivity index (χ1n) is 8.20. The minimum absolute atomic E-state index is 0.219. The highest BCUT2D eigenvalue weighted by Gasteiger charge is 2.75. The van der Waals surface area contributed by atoms with Crippen LogP contribution in [-0.4, -0.2) is 24.3 Å². The smallest absolute Gasteiger partial charge is 0.313 e. The lowest BCUT2D eigenvalue weighted by atomic mass is 9.66. The Labute approximate surface area is 140 Å². The minimum Gasteiger partial charge on any atom is -0.454 e. The lowest BCUT2D eigenvalue weighted by molar-refractivity contribution is -0.168. The Morgan fingerprint density at radius 3 is 2.58 bits per heavy atom. The standard InChI is InChI=1S/C18H21NO5/c1-16(2)17(3)6-7-18(16,24-15(17)21)14(20)19-9-11-4-5-12-13(8-11)23-10-22-12/h4-5,8H,6-7,9-10H2,1-3H3,(H,19,20)/t17-,18+/m1/s1. The van der Waals surface area contributed by atoms with E-state index >= 15 is 0 Å². The molecule has 0 aromatic heterocycles. The fourth-order valence-corrected chi connectivity index (χ4v) is 4.12. The molecule has 6 heteroatoms. The van der Waals surface area contributed by atoms with E-state index in [-0.39, 0.29) is 18.7 Å². The van der Waals surface area contributed by atoms with Crippen molar-refractivity contribution in [1.29, 1.82) is 0 Å². The van der Waals surface area contributed by atoms with Crippen molar-refractivity contribution in [1.82, 2.24) is 5.32 Å². The van der Waals surface area contributed by atoms with Gasteiger partial charge in [-0.05, 0) is 37.5 Å². The van der Waals surface area contributed by atoms with Gasteiger partial charge in [0.1, 0.15) is 0 Å². The molecule has 0 unspecified atom stereocenters. The zero-order chi connectivity index (χ0) is 17.2. The van der Waals surface area contributed by atoms with Crippen molar-refractivity contribution in [2.75, 3.05) is 6.79 Å². The molecule has 1 saturated carbocycles. The zero-order valence-corrected chi connectivity index (χ0v) is 14.1. The van der Waals surface area contributed by atoms with Crippen LogP contribution < -0.4 is 14.8 Å². The van der Waals surface area contributed by atoms with E-state index < -0.39 is 16.4 Å². The van der Waals surface area contributed by atoms with E-state index in [1.807, 2.05) is 39.0 Å². The summed E-state index contributed by atoms with van der Waals surface area (Å²) in [5.74, 6) is 0.902. The first-order chi connectivity index (χ1) is 11.3. The van der Waals surface area contributed by atoms with Crippen molar-refractivity contribution in [2.45, 2.75) is 45.8 Å². The molecule has 2 aliphatic heterocycles. The van der Waals surface area contributed by atoms with Gasteiger partial charge in [-0.3, -0.25) is 9.59 Å². The SMILES string of the molecule is CC1(C)[C@@]2(C(=O)NCc3ccc4c(c3)OCO4)CC[C@]1(C)C(=O)O2. The Kier molecular flexibility index (Phi) is 2.96. The monoisotopic (exact) mass is 331 g/mol. The van der Waals surface area contributed by atoms with Crippen LogP contribution in [0.5, 0.6) is 11.5 Å². The molecule has 24 heavy (non-hydrogen) atoms. The number of benzene rings is 1. The van der Waals surface area contributed by atoms with Gasteiger partial charge >= 0.3 is 5.97 Å². The third-order valence-electron chi connectivity index (χ3n) is 6.34. The molecule has 1 aromatic carbocycles. The number of hydrogen-bond acceptors (Lipinski definition) is 5. The van der Waals surface area contributed by atoms with Gasteiger partial charge < -0.3 is 19.5 Å². The number of carbonyl (C=O) groups excluding carboxylic acids is 2. The average Bonchev–Trinajstić information content (AvgIpc) is 3.13. The number of fused-ring (bicyclic) bond motifs is 3. The van der Waals surface area contributed by atoms with Gasteiger partial charge in [-0.25, -0.2) is 0 Å². The molecule has 2 bridgehead atoms. The third kappa shape index (κ3) is 1.71. The van der Waals surface area contributed by atoms with Gasteiger partial charge in [0.05, 0.1) is 5.41 Å². The maximum atomic E-state index is 12.9. The molecule has 1 aromatic rings. The number of hydrogen-bond donors (Lipinski definition) is 1. The first kappa shape index (κ1) is 15.3. The van der Waals surface area contributed by atoms with E-state index in [4.69, 9.17) is 14.2 Å². The van der Waals surface area contributed by atoms with Crippen LogP contribution in [0.15, 0.2) is 18.2 Å². The summed E-state index contributed by atoms with van der Waals surface area (Å²) in [7, 11) is 0. The van der Waals surface area contributed by atoms with Gasteiger partial charge in [0.2, 0.25) is 6.79 Å². The Hall–Kier alpha value is -2.24. The molecule has 4 rings (SSSR count). The molecule has 3 aliphatic rings. The fraction of sp³-hybridized carbons (Fsp3) is 0.556. The van der Waals surface area contributed by atoms with Crippen LogP contribution in [0.4, 0.5) is 0 Å². The number of rotatable bonds is 3. The Balaban J connectivity index is 1.52.